The van der Waals surface area contributed by atoms with Crippen LogP contribution in [0.4, 0.5) is 17.6 Å². The lowest BCUT2D eigenvalue weighted by Gasteiger charge is -2.15. The van der Waals surface area contributed by atoms with Crippen molar-refractivity contribution in [3.63, 3.8) is 0 Å². The molecule has 2 aromatic heterocycles. The zero-order chi connectivity index (χ0) is 21.2. The molecule has 0 aliphatic rings. The molecule has 0 aliphatic heterocycles. The quantitative estimate of drug-likeness (QED) is 0.620. The number of alkyl halides is 3. The van der Waals surface area contributed by atoms with Crippen LogP contribution >= 0.6 is 11.6 Å². The Morgan fingerprint density at radius 3 is 2.29 bits per heavy atom. The van der Waals surface area contributed by atoms with E-state index in [1.807, 2.05) is 0 Å². The van der Waals surface area contributed by atoms with E-state index in [0.717, 1.165) is 19.4 Å². The molecule has 2 heterocycles. The predicted molar refractivity (Wildman–Crippen MR) is 92.2 cm³/mol. The molecule has 150 valence electrons. The molecule has 28 heavy (non-hydrogen) atoms. The Bertz CT molecular complexity index is 1350. The van der Waals surface area contributed by atoms with Crippen molar-refractivity contribution in [2.24, 2.45) is 7.05 Å². The summed E-state index contributed by atoms with van der Waals surface area (Å²) in [6, 6.07) is 1.80. The van der Waals surface area contributed by atoms with Gasteiger partial charge in [0.05, 0.1) is 16.2 Å². The van der Waals surface area contributed by atoms with Crippen LogP contribution in [0.1, 0.15) is 5.69 Å². The summed E-state index contributed by atoms with van der Waals surface area (Å²) >= 11 is 5.90. The van der Waals surface area contributed by atoms with Gasteiger partial charge in [0.25, 0.3) is 5.56 Å². The molecular formula is C15H10ClF4N3O4S. The number of benzene rings is 1. The standard InChI is InChI=1S/C15H10ClF4N3O4S/c1-22-9(15(18,19)20)5-11(24)23(14(22)25)13-6-3-10(28(2,26)27)21-12(6)7(16)4-8(13)17/h3-5,21H,1-2H3. The van der Waals surface area contributed by atoms with Gasteiger partial charge in [-0.15, -0.1) is 0 Å². The van der Waals surface area contributed by atoms with Crippen LogP contribution < -0.4 is 11.2 Å². The Kier molecular flexibility index (Phi) is 4.46. The van der Waals surface area contributed by atoms with Gasteiger partial charge in [0.1, 0.15) is 16.5 Å². The number of halogens is 5. The van der Waals surface area contributed by atoms with Crippen molar-refractivity contribution < 1.29 is 26.0 Å². The van der Waals surface area contributed by atoms with Gasteiger partial charge >= 0.3 is 11.9 Å². The van der Waals surface area contributed by atoms with Gasteiger partial charge in [-0.2, -0.15) is 13.2 Å². The second-order valence-corrected chi connectivity index (χ2v) is 8.32. The highest BCUT2D eigenvalue weighted by Crippen LogP contribution is 2.32. The SMILES string of the molecule is Cn1c(C(F)(F)F)cc(=O)n(-c2c(F)cc(Cl)c3[nH]c(S(C)(=O)=O)cc23)c1=O. The van der Waals surface area contributed by atoms with Crippen molar-refractivity contribution in [1.82, 2.24) is 14.1 Å². The monoisotopic (exact) mass is 439 g/mol. The number of rotatable bonds is 2. The van der Waals surface area contributed by atoms with Crippen molar-refractivity contribution in [3.8, 4) is 5.69 Å². The number of hydrogen-bond donors (Lipinski definition) is 1. The van der Waals surface area contributed by atoms with E-state index in [2.05, 4.69) is 4.98 Å². The number of aromatic amines is 1. The van der Waals surface area contributed by atoms with Gasteiger partial charge in [0.2, 0.25) is 0 Å². The van der Waals surface area contributed by atoms with Crippen LogP contribution in [0.2, 0.25) is 5.02 Å². The van der Waals surface area contributed by atoms with E-state index in [9.17, 15) is 35.6 Å². The zero-order valence-electron chi connectivity index (χ0n) is 14.1. The molecule has 0 bridgehead atoms. The molecule has 1 aromatic carbocycles. The molecule has 0 saturated heterocycles. The summed E-state index contributed by atoms with van der Waals surface area (Å²) in [6.07, 6.45) is -4.14. The molecule has 0 aliphatic carbocycles. The minimum absolute atomic E-state index is 0.104. The third-order valence-electron chi connectivity index (χ3n) is 4.00. The van der Waals surface area contributed by atoms with Gasteiger partial charge in [0, 0.05) is 24.8 Å². The Morgan fingerprint density at radius 2 is 1.75 bits per heavy atom. The van der Waals surface area contributed by atoms with Crippen LogP contribution in [0, 0.1) is 5.82 Å². The Hall–Kier alpha value is -2.60. The van der Waals surface area contributed by atoms with E-state index in [-0.39, 0.29) is 36.2 Å². The molecule has 0 spiro atoms. The highest BCUT2D eigenvalue weighted by Gasteiger charge is 2.35. The van der Waals surface area contributed by atoms with Crippen LogP contribution in [0.25, 0.3) is 16.6 Å². The second-order valence-electron chi connectivity index (χ2n) is 5.93. The Morgan fingerprint density at radius 1 is 1.14 bits per heavy atom. The third kappa shape index (κ3) is 3.11. The number of sulfone groups is 1. The summed E-state index contributed by atoms with van der Waals surface area (Å²) in [5.74, 6) is -1.20. The Labute approximate surface area is 158 Å². The van der Waals surface area contributed by atoms with Gasteiger partial charge in [0.15, 0.2) is 9.84 Å². The van der Waals surface area contributed by atoms with Gasteiger partial charge in [-0.1, -0.05) is 11.6 Å². The van der Waals surface area contributed by atoms with E-state index in [1.54, 1.807) is 0 Å². The average molecular weight is 440 g/mol. The molecule has 0 atom stereocenters. The first-order chi connectivity index (χ1) is 12.7. The van der Waals surface area contributed by atoms with Crippen molar-refractivity contribution in [3.05, 3.63) is 55.6 Å². The molecule has 0 radical (unpaired) electrons. The number of nitrogens with zero attached hydrogens (tertiary/aromatic N) is 2. The number of nitrogens with one attached hydrogen (secondary N) is 1. The number of H-pyrrole nitrogens is 1. The second kappa shape index (κ2) is 6.21. The summed E-state index contributed by atoms with van der Waals surface area (Å²) < 4.78 is 77.4. The average Bonchev–Trinajstić information content (AvgIpc) is 2.98. The maximum atomic E-state index is 14.6. The molecular weight excluding hydrogens is 430 g/mol. The molecule has 0 saturated carbocycles. The first-order valence-electron chi connectivity index (χ1n) is 7.35. The van der Waals surface area contributed by atoms with E-state index in [0.29, 0.717) is 6.07 Å². The first kappa shape index (κ1) is 20.1. The minimum atomic E-state index is -4.99. The summed E-state index contributed by atoms with van der Waals surface area (Å²) in [4.78, 5) is 27.1. The normalized spacial score (nSPS) is 12.7. The molecule has 3 aromatic rings. The van der Waals surface area contributed by atoms with Crippen molar-refractivity contribution >= 4 is 32.3 Å². The highest BCUT2D eigenvalue weighted by molar-refractivity contribution is 7.90. The largest absolute Gasteiger partial charge is 0.431 e. The van der Waals surface area contributed by atoms with Crippen molar-refractivity contribution in [2.75, 3.05) is 6.26 Å². The zero-order valence-corrected chi connectivity index (χ0v) is 15.6. The predicted octanol–water partition coefficient (Wildman–Crippen LogP) is 2.23. The molecule has 0 unspecified atom stereocenters. The van der Waals surface area contributed by atoms with Gasteiger partial charge in [-0.3, -0.25) is 9.36 Å². The fourth-order valence-electron chi connectivity index (χ4n) is 2.72. The van der Waals surface area contributed by atoms with Crippen molar-refractivity contribution in [2.45, 2.75) is 11.2 Å². The van der Waals surface area contributed by atoms with Crippen LogP contribution in [-0.2, 0) is 23.1 Å². The van der Waals surface area contributed by atoms with Crippen LogP contribution in [0.3, 0.4) is 0 Å². The van der Waals surface area contributed by atoms with E-state index in [1.165, 1.54) is 0 Å². The highest BCUT2D eigenvalue weighted by atomic mass is 35.5. The van der Waals surface area contributed by atoms with E-state index >= 15 is 0 Å². The van der Waals surface area contributed by atoms with Crippen LogP contribution in [0.5, 0.6) is 0 Å². The molecule has 13 heteroatoms. The smallest absolute Gasteiger partial charge is 0.344 e. The topological polar surface area (TPSA) is 93.9 Å². The van der Waals surface area contributed by atoms with E-state index < -0.39 is 44.5 Å². The lowest BCUT2D eigenvalue weighted by atomic mass is 10.2. The summed E-state index contributed by atoms with van der Waals surface area (Å²) in [5, 5.41) is -0.889. The van der Waals surface area contributed by atoms with Gasteiger partial charge < -0.3 is 4.98 Å². The minimum Gasteiger partial charge on any atom is -0.344 e. The van der Waals surface area contributed by atoms with Crippen molar-refractivity contribution in [1.29, 1.82) is 0 Å². The summed E-state index contributed by atoms with van der Waals surface area (Å²) in [5.41, 5.74) is -5.25. The molecule has 7 nitrogen and oxygen atoms in total. The van der Waals surface area contributed by atoms with E-state index in [4.69, 9.17) is 11.6 Å². The molecule has 0 fully saturated rings. The van der Waals surface area contributed by atoms with Crippen LogP contribution in [-0.4, -0.2) is 28.8 Å². The summed E-state index contributed by atoms with van der Waals surface area (Å²) in [6.45, 7) is 0. The first-order valence-corrected chi connectivity index (χ1v) is 9.62. The van der Waals surface area contributed by atoms with Gasteiger partial charge in [-0.05, 0) is 12.1 Å². The number of fused-ring (bicyclic) bond motifs is 1. The fourth-order valence-corrected chi connectivity index (χ4v) is 3.58. The molecule has 3 rings (SSSR count). The molecule has 1 N–H and O–H groups in total. The lowest BCUT2D eigenvalue weighted by molar-refractivity contribution is -0.144. The maximum Gasteiger partial charge on any atom is 0.431 e. The fraction of sp³-hybridized carbons (Fsp3) is 0.200. The van der Waals surface area contributed by atoms with Gasteiger partial charge in [-0.25, -0.2) is 22.2 Å². The number of hydrogen-bond acceptors (Lipinski definition) is 4. The Balaban J connectivity index is 2.50. The molecule has 0 amide bonds. The maximum absolute atomic E-state index is 14.6. The van der Waals surface area contributed by atoms with Crippen LogP contribution in [0.15, 0.2) is 32.8 Å². The number of aromatic nitrogens is 3. The summed E-state index contributed by atoms with van der Waals surface area (Å²) in [7, 11) is -3.03. The lowest BCUT2D eigenvalue weighted by Crippen LogP contribution is -2.41. The third-order valence-corrected chi connectivity index (χ3v) is 5.32.